The lowest BCUT2D eigenvalue weighted by Gasteiger charge is -2.07. The highest BCUT2D eigenvalue weighted by molar-refractivity contribution is 9.10. The maximum absolute atomic E-state index is 9.44. The number of aliphatic hydroxyl groups is 1. The Morgan fingerprint density at radius 1 is 1.09 bits per heavy atom. The summed E-state index contributed by atoms with van der Waals surface area (Å²) in [5.74, 6) is 2.19. The van der Waals surface area contributed by atoms with E-state index in [0.29, 0.717) is 11.3 Å². The first kappa shape index (κ1) is 14.9. The molecule has 2 aromatic carbocycles. The van der Waals surface area contributed by atoms with Gasteiger partial charge >= 0.3 is 0 Å². The molecule has 4 nitrogen and oxygen atoms in total. The Kier molecular flexibility index (Phi) is 4.09. The van der Waals surface area contributed by atoms with Crippen LogP contribution in [-0.2, 0) is 6.61 Å². The van der Waals surface area contributed by atoms with Gasteiger partial charge in [-0.2, -0.15) is 0 Å². The number of rotatable bonds is 4. The zero-order valence-electron chi connectivity index (χ0n) is 12.2. The summed E-state index contributed by atoms with van der Waals surface area (Å²) >= 11 is 3.46. The van der Waals surface area contributed by atoms with Crippen molar-refractivity contribution in [2.45, 2.75) is 6.61 Å². The monoisotopic (exact) mass is 362 g/mol. The van der Waals surface area contributed by atoms with Crippen molar-refractivity contribution >= 4 is 26.9 Å². The SMILES string of the molecule is COc1ccc(-c2cc3c(OC)c(Br)c(CO)cc3o2)cc1. The van der Waals surface area contributed by atoms with Crippen molar-refractivity contribution < 1.29 is 19.0 Å². The molecule has 0 radical (unpaired) electrons. The molecule has 0 fully saturated rings. The fraction of sp³-hybridized carbons (Fsp3) is 0.176. The van der Waals surface area contributed by atoms with E-state index < -0.39 is 0 Å². The van der Waals surface area contributed by atoms with Gasteiger partial charge in [-0.05, 0) is 57.9 Å². The average Bonchev–Trinajstić information content (AvgIpc) is 2.98. The summed E-state index contributed by atoms with van der Waals surface area (Å²) in [6, 6.07) is 11.4. The van der Waals surface area contributed by atoms with Gasteiger partial charge in [0, 0.05) is 5.56 Å². The summed E-state index contributed by atoms with van der Waals surface area (Å²) in [7, 11) is 3.23. The third-order valence-electron chi connectivity index (χ3n) is 3.54. The van der Waals surface area contributed by atoms with E-state index in [4.69, 9.17) is 13.9 Å². The third kappa shape index (κ3) is 2.46. The molecule has 0 atom stereocenters. The van der Waals surface area contributed by atoms with E-state index in [1.54, 1.807) is 14.2 Å². The molecule has 0 saturated heterocycles. The fourth-order valence-electron chi connectivity index (χ4n) is 2.39. The zero-order chi connectivity index (χ0) is 15.7. The molecule has 1 heterocycles. The van der Waals surface area contributed by atoms with Crippen molar-refractivity contribution in [3.63, 3.8) is 0 Å². The van der Waals surface area contributed by atoms with Gasteiger partial charge in [0.25, 0.3) is 0 Å². The molecular weight excluding hydrogens is 348 g/mol. The van der Waals surface area contributed by atoms with Gasteiger partial charge < -0.3 is 19.0 Å². The van der Waals surface area contributed by atoms with Crippen molar-refractivity contribution in [3.05, 3.63) is 46.4 Å². The third-order valence-corrected chi connectivity index (χ3v) is 4.41. The number of methoxy groups -OCH3 is 2. The second kappa shape index (κ2) is 6.02. The molecule has 0 bridgehead atoms. The summed E-state index contributed by atoms with van der Waals surface area (Å²) in [6.07, 6.45) is 0. The highest BCUT2D eigenvalue weighted by Gasteiger charge is 2.16. The van der Waals surface area contributed by atoms with Crippen molar-refractivity contribution in [2.75, 3.05) is 14.2 Å². The van der Waals surface area contributed by atoms with Gasteiger partial charge in [-0.25, -0.2) is 0 Å². The van der Waals surface area contributed by atoms with Crippen LogP contribution in [0.5, 0.6) is 11.5 Å². The molecule has 5 heteroatoms. The molecule has 0 saturated carbocycles. The quantitative estimate of drug-likeness (QED) is 0.748. The van der Waals surface area contributed by atoms with E-state index in [0.717, 1.165) is 32.5 Å². The molecule has 0 aliphatic rings. The maximum Gasteiger partial charge on any atom is 0.144 e. The van der Waals surface area contributed by atoms with Crippen LogP contribution in [0, 0.1) is 0 Å². The van der Waals surface area contributed by atoms with Crippen LogP contribution in [-0.4, -0.2) is 19.3 Å². The minimum atomic E-state index is -0.0918. The molecule has 0 aliphatic heterocycles. The predicted molar refractivity (Wildman–Crippen MR) is 88.4 cm³/mol. The van der Waals surface area contributed by atoms with Crippen LogP contribution in [0.15, 0.2) is 45.3 Å². The van der Waals surface area contributed by atoms with Crippen molar-refractivity contribution in [1.82, 2.24) is 0 Å². The first-order valence-electron chi connectivity index (χ1n) is 6.72. The zero-order valence-corrected chi connectivity index (χ0v) is 13.8. The van der Waals surface area contributed by atoms with E-state index in [2.05, 4.69) is 15.9 Å². The lowest BCUT2D eigenvalue weighted by atomic mass is 10.1. The molecule has 114 valence electrons. The topological polar surface area (TPSA) is 51.8 Å². The van der Waals surface area contributed by atoms with E-state index in [-0.39, 0.29) is 6.61 Å². The Morgan fingerprint density at radius 2 is 1.82 bits per heavy atom. The minimum Gasteiger partial charge on any atom is -0.497 e. The lowest BCUT2D eigenvalue weighted by molar-refractivity contribution is 0.280. The fourth-order valence-corrected chi connectivity index (χ4v) is 3.00. The molecule has 1 N–H and O–H groups in total. The number of ether oxygens (including phenoxy) is 2. The van der Waals surface area contributed by atoms with Crippen molar-refractivity contribution in [3.8, 4) is 22.8 Å². The van der Waals surface area contributed by atoms with Gasteiger partial charge in [0.15, 0.2) is 0 Å². The van der Waals surface area contributed by atoms with Crippen LogP contribution in [0.3, 0.4) is 0 Å². The Bertz CT molecular complexity index is 806. The second-order valence-electron chi connectivity index (χ2n) is 4.79. The molecule has 3 rings (SSSR count). The number of benzene rings is 2. The van der Waals surface area contributed by atoms with Crippen LogP contribution in [0.25, 0.3) is 22.3 Å². The molecule has 0 amide bonds. The van der Waals surface area contributed by atoms with Crippen LogP contribution < -0.4 is 9.47 Å². The Labute approximate surface area is 136 Å². The van der Waals surface area contributed by atoms with E-state index in [1.807, 2.05) is 36.4 Å². The summed E-state index contributed by atoms with van der Waals surface area (Å²) in [4.78, 5) is 0. The first-order chi connectivity index (χ1) is 10.7. The van der Waals surface area contributed by atoms with E-state index in [1.165, 1.54) is 0 Å². The molecule has 3 aromatic rings. The summed E-state index contributed by atoms with van der Waals surface area (Å²) in [5, 5.41) is 10.3. The van der Waals surface area contributed by atoms with Gasteiger partial charge in [-0.1, -0.05) is 0 Å². The lowest BCUT2D eigenvalue weighted by Crippen LogP contribution is -1.91. The van der Waals surface area contributed by atoms with E-state index >= 15 is 0 Å². The number of halogens is 1. The van der Waals surface area contributed by atoms with Gasteiger partial charge in [0.2, 0.25) is 0 Å². The number of hydrogen-bond donors (Lipinski definition) is 1. The summed E-state index contributed by atoms with van der Waals surface area (Å²) in [5.41, 5.74) is 2.34. The highest BCUT2D eigenvalue weighted by atomic mass is 79.9. The summed E-state index contributed by atoms with van der Waals surface area (Å²) in [6.45, 7) is -0.0918. The Morgan fingerprint density at radius 3 is 2.41 bits per heavy atom. The second-order valence-corrected chi connectivity index (χ2v) is 5.58. The van der Waals surface area contributed by atoms with Gasteiger partial charge in [-0.15, -0.1) is 0 Å². The smallest absolute Gasteiger partial charge is 0.144 e. The molecule has 0 spiro atoms. The van der Waals surface area contributed by atoms with Crippen LogP contribution in [0.4, 0.5) is 0 Å². The van der Waals surface area contributed by atoms with E-state index in [9.17, 15) is 5.11 Å². The maximum atomic E-state index is 9.44. The van der Waals surface area contributed by atoms with Crippen LogP contribution in [0.1, 0.15) is 5.56 Å². The van der Waals surface area contributed by atoms with Crippen LogP contribution >= 0.6 is 15.9 Å². The normalized spacial score (nSPS) is 10.9. The van der Waals surface area contributed by atoms with Crippen molar-refractivity contribution in [2.24, 2.45) is 0 Å². The largest absolute Gasteiger partial charge is 0.497 e. The average molecular weight is 363 g/mol. The first-order valence-corrected chi connectivity index (χ1v) is 7.51. The highest BCUT2D eigenvalue weighted by Crippen LogP contribution is 2.40. The van der Waals surface area contributed by atoms with Gasteiger partial charge in [0.05, 0.1) is 30.7 Å². The number of aliphatic hydroxyl groups excluding tert-OH is 1. The molecule has 22 heavy (non-hydrogen) atoms. The van der Waals surface area contributed by atoms with Crippen molar-refractivity contribution in [1.29, 1.82) is 0 Å². The number of hydrogen-bond acceptors (Lipinski definition) is 4. The minimum absolute atomic E-state index is 0.0918. The molecular formula is C17H15BrO4. The number of fused-ring (bicyclic) bond motifs is 1. The number of furan rings is 1. The van der Waals surface area contributed by atoms with Gasteiger partial charge in [-0.3, -0.25) is 0 Å². The Balaban J connectivity index is 2.16. The Hall–Kier alpha value is -1.98. The standard InChI is InChI=1S/C17H15BrO4/c1-20-12-5-3-10(4-6-12)14-8-13-15(22-14)7-11(9-19)16(18)17(13)21-2/h3-8,19H,9H2,1-2H3. The van der Waals surface area contributed by atoms with Crippen LogP contribution in [0.2, 0.25) is 0 Å². The molecule has 0 unspecified atom stereocenters. The van der Waals surface area contributed by atoms with Gasteiger partial charge in [0.1, 0.15) is 22.8 Å². The molecule has 0 aliphatic carbocycles. The molecule has 1 aromatic heterocycles. The predicted octanol–water partition coefficient (Wildman–Crippen LogP) is 4.37. The summed E-state index contributed by atoms with van der Waals surface area (Å²) < 4.78 is 17.3.